The lowest BCUT2D eigenvalue weighted by atomic mass is 9.84. The fourth-order valence-corrected chi connectivity index (χ4v) is 4.93. The molecule has 0 saturated carbocycles. The average molecular weight is 353 g/mol. The van der Waals surface area contributed by atoms with Crippen molar-refractivity contribution in [2.45, 2.75) is 43.5 Å². The number of carbonyl (C=O) groups is 1. The summed E-state index contributed by atoms with van der Waals surface area (Å²) in [5.74, 6) is 2.35. The average Bonchev–Trinajstić information content (AvgIpc) is 2.56. The van der Waals surface area contributed by atoms with Crippen molar-refractivity contribution in [1.82, 2.24) is 10.6 Å². The maximum atomic E-state index is 12.5. The zero-order chi connectivity index (χ0) is 16.2. The van der Waals surface area contributed by atoms with Gasteiger partial charge in [-0.15, -0.1) is 11.8 Å². The topological polar surface area (TPSA) is 41.1 Å². The van der Waals surface area contributed by atoms with Gasteiger partial charge in [0.05, 0.1) is 6.04 Å². The van der Waals surface area contributed by atoms with Gasteiger partial charge in [-0.3, -0.25) is 4.79 Å². The first-order valence-corrected chi connectivity index (χ1v) is 9.92. The Kier molecular flexibility index (Phi) is 5.89. The number of nitrogens with one attached hydrogen (secondary N) is 2. The number of rotatable bonds is 4. The predicted octanol–water partition coefficient (Wildman–Crippen LogP) is 4.02. The van der Waals surface area contributed by atoms with Crippen molar-refractivity contribution in [2.24, 2.45) is 11.8 Å². The maximum absolute atomic E-state index is 12.5. The molecule has 2 atom stereocenters. The van der Waals surface area contributed by atoms with E-state index in [1.54, 1.807) is 0 Å². The first kappa shape index (κ1) is 17.1. The van der Waals surface area contributed by atoms with Crippen molar-refractivity contribution in [3.63, 3.8) is 0 Å². The molecule has 0 bridgehead atoms. The number of carbonyl (C=O) groups excluding carboxylic acids is 1. The molecule has 126 valence electrons. The molecule has 0 spiro atoms. The van der Waals surface area contributed by atoms with Gasteiger partial charge in [0.25, 0.3) is 0 Å². The molecule has 1 aromatic carbocycles. The molecule has 23 heavy (non-hydrogen) atoms. The van der Waals surface area contributed by atoms with Crippen LogP contribution in [0.25, 0.3) is 0 Å². The molecule has 2 aliphatic rings. The van der Waals surface area contributed by atoms with E-state index in [0.29, 0.717) is 18.3 Å². The highest BCUT2D eigenvalue weighted by Crippen LogP contribution is 2.37. The second-order valence-corrected chi connectivity index (χ2v) is 8.28. The van der Waals surface area contributed by atoms with Crippen LogP contribution in [0.4, 0.5) is 0 Å². The van der Waals surface area contributed by atoms with Crippen molar-refractivity contribution < 1.29 is 4.79 Å². The van der Waals surface area contributed by atoms with Gasteiger partial charge in [-0.05, 0) is 68.0 Å². The molecule has 2 N–H and O–H groups in total. The molecular formula is C18H25ClN2OS. The second-order valence-electron chi connectivity index (χ2n) is 6.71. The van der Waals surface area contributed by atoms with Gasteiger partial charge in [0.2, 0.25) is 5.91 Å². The highest BCUT2D eigenvalue weighted by molar-refractivity contribution is 7.99. The third kappa shape index (κ3) is 4.43. The lowest BCUT2D eigenvalue weighted by Gasteiger charge is -2.30. The van der Waals surface area contributed by atoms with E-state index < -0.39 is 0 Å². The zero-order valence-electron chi connectivity index (χ0n) is 13.6. The van der Waals surface area contributed by atoms with E-state index in [9.17, 15) is 4.79 Å². The third-order valence-electron chi connectivity index (χ3n) is 5.04. The SMILES string of the molecule is CC(CC(=O)NC1CCSc2ccc(Cl)cc21)C1CCNCC1. The van der Waals surface area contributed by atoms with Crippen LogP contribution >= 0.6 is 23.4 Å². The number of hydrogen-bond acceptors (Lipinski definition) is 3. The van der Waals surface area contributed by atoms with Crippen molar-refractivity contribution in [3.05, 3.63) is 28.8 Å². The smallest absolute Gasteiger partial charge is 0.220 e. The molecule has 0 radical (unpaired) electrons. The summed E-state index contributed by atoms with van der Waals surface area (Å²) in [4.78, 5) is 13.7. The van der Waals surface area contributed by atoms with Gasteiger partial charge >= 0.3 is 0 Å². The minimum absolute atomic E-state index is 0.109. The Balaban J connectivity index is 1.59. The number of amides is 1. The molecule has 2 aliphatic heterocycles. The van der Waals surface area contributed by atoms with Crippen LogP contribution in [-0.2, 0) is 4.79 Å². The summed E-state index contributed by atoms with van der Waals surface area (Å²) in [6.07, 6.45) is 3.98. The van der Waals surface area contributed by atoms with Gasteiger partial charge in [0, 0.05) is 22.1 Å². The second kappa shape index (κ2) is 7.91. The first-order chi connectivity index (χ1) is 11.1. The van der Waals surface area contributed by atoms with E-state index in [1.807, 2.05) is 23.9 Å². The van der Waals surface area contributed by atoms with E-state index in [2.05, 4.69) is 23.6 Å². The summed E-state index contributed by atoms with van der Waals surface area (Å²) in [7, 11) is 0. The van der Waals surface area contributed by atoms with Gasteiger partial charge in [0.15, 0.2) is 0 Å². The largest absolute Gasteiger partial charge is 0.349 e. The number of benzene rings is 1. The van der Waals surface area contributed by atoms with Gasteiger partial charge in [-0.1, -0.05) is 18.5 Å². The third-order valence-corrected chi connectivity index (χ3v) is 6.40. The van der Waals surface area contributed by atoms with Gasteiger partial charge in [0.1, 0.15) is 0 Å². The van der Waals surface area contributed by atoms with Crippen LogP contribution in [-0.4, -0.2) is 24.7 Å². The predicted molar refractivity (Wildman–Crippen MR) is 97.1 cm³/mol. The van der Waals surface area contributed by atoms with E-state index in [4.69, 9.17) is 11.6 Å². The van der Waals surface area contributed by atoms with E-state index in [1.165, 1.54) is 23.3 Å². The fourth-order valence-electron chi connectivity index (χ4n) is 3.64. The minimum Gasteiger partial charge on any atom is -0.349 e. The monoisotopic (exact) mass is 352 g/mol. The van der Waals surface area contributed by atoms with Gasteiger partial charge in [-0.25, -0.2) is 0 Å². The number of fused-ring (bicyclic) bond motifs is 1. The maximum Gasteiger partial charge on any atom is 0.220 e. The Labute approximate surface area is 147 Å². The summed E-state index contributed by atoms with van der Waals surface area (Å²) >= 11 is 7.98. The Hall–Kier alpha value is -0.710. The molecular weight excluding hydrogens is 328 g/mol. The van der Waals surface area contributed by atoms with Gasteiger partial charge < -0.3 is 10.6 Å². The highest BCUT2D eigenvalue weighted by Gasteiger charge is 2.25. The molecule has 0 aromatic heterocycles. The summed E-state index contributed by atoms with van der Waals surface area (Å²) in [5, 5.41) is 7.38. The molecule has 2 unspecified atom stereocenters. The van der Waals surface area contributed by atoms with E-state index >= 15 is 0 Å². The number of hydrogen-bond donors (Lipinski definition) is 2. The van der Waals surface area contributed by atoms with Crippen LogP contribution < -0.4 is 10.6 Å². The number of thioether (sulfide) groups is 1. The Morgan fingerprint density at radius 3 is 2.96 bits per heavy atom. The molecule has 1 fully saturated rings. The lowest BCUT2D eigenvalue weighted by molar-refractivity contribution is -0.123. The Morgan fingerprint density at radius 2 is 2.17 bits per heavy atom. The van der Waals surface area contributed by atoms with E-state index in [-0.39, 0.29) is 11.9 Å². The molecule has 3 rings (SSSR count). The zero-order valence-corrected chi connectivity index (χ0v) is 15.2. The van der Waals surface area contributed by atoms with Crippen LogP contribution in [0.2, 0.25) is 5.02 Å². The van der Waals surface area contributed by atoms with Crippen LogP contribution in [0.5, 0.6) is 0 Å². The summed E-state index contributed by atoms with van der Waals surface area (Å²) in [5.41, 5.74) is 1.18. The van der Waals surface area contributed by atoms with Crippen LogP contribution in [0.15, 0.2) is 23.1 Å². The molecule has 0 aliphatic carbocycles. The number of halogens is 1. The Bertz CT molecular complexity index is 560. The van der Waals surface area contributed by atoms with Crippen molar-refractivity contribution in [1.29, 1.82) is 0 Å². The molecule has 1 amide bonds. The molecule has 1 saturated heterocycles. The van der Waals surface area contributed by atoms with Crippen LogP contribution in [0, 0.1) is 11.8 Å². The van der Waals surface area contributed by atoms with Crippen molar-refractivity contribution >= 4 is 29.3 Å². The summed E-state index contributed by atoms with van der Waals surface area (Å²) in [6.45, 7) is 4.39. The molecule has 3 nitrogen and oxygen atoms in total. The lowest BCUT2D eigenvalue weighted by Crippen LogP contribution is -2.35. The van der Waals surface area contributed by atoms with Crippen LogP contribution in [0.3, 0.4) is 0 Å². The molecule has 5 heteroatoms. The van der Waals surface area contributed by atoms with Crippen LogP contribution in [0.1, 0.15) is 44.2 Å². The molecule has 2 heterocycles. The molecule has 1 aromatic rings. The summed E-state index contributed by atoms with van der Waals surface area (Å²) in [6, 6.07) is 6.11. The Morgan fingerprint density at radius 1 is 1.39 bits per heavy atom. The van der Waals surface area contributed by atoms with E-state index in [0.717, 1.165) is 30.3 Å². The minimum atomic E-state index is 0.109. The first-order valence-electron chi connectivity index (χ1n) is 8.56. The highest BCUT2D eigenvalue weighted by atomic mass is 35.5. The normalized spacial score (nSPS) is 23.1. The fraction of sp³-hybridized carbons (Fsp3) is 0.611. The van der Waals surface area contributed by atoms with Crippen molar-refractivity contribution in [3.8, 4) is 0 Å². The van der Waals surface area contributed by atoms with Crippen molar-refractivity contribution in [2.75, 3.05) is 18.8 Å². The number of piperidine rings is 1. The summed E-state index contributed by atoms with van der Waals surface area (Å²) < 4.78 is 0. The van der Waals surface area contributed by atoms with Gasteiger partial charge in [-0.2, -0.15) is 0 Å². The standard InChI is InChI=1S/C18H25ClN2OS/c1-12(13-4-7-20-8-5-13)10-18(22)21-16-6-9-23-17-3-2-14(19)11-15(16)17/h2-3,11-13,16,20H,4-10H2,1H3,(H,21,22). The quantitative estimate of drug-likeness (QED) is 0.859.